The molecule has 2 aromatic rings. The van der Waals surface area contributed by atoms with E-state index in [-0.39, 0.29) is 11.7 Å². The van der Waals surface area contributed by atoms with Crippen molar-refractivity contribution in [1.29, 1.82) is 0 Å². The van der Waals surface area contributed by atoms with E-state index < -0.39 is 0 Å². The summed E-state index contributed by atoms with van der Waals surface area (Å²) in [6, 6.07) is 12.7. The number of carbonyl (C=O) groups excluding carboxylic acids is 1. The Bertz CT molecular complexity index is 589. The third kappa shape index (κ3) is 3.96. The number of benzene rings is 2. The van der Waals surface area contributed by atoms with E-state index in [4.69, 9.17) is 5.73 Å². The van der Waals surface area contributed by atoms with Crippen molar-refractivity contribution >= 4 is 23.4 Å². The number of nitrogens with two attached hydrogens (primary N) is 1. The van der Waals surface area contributed by atoms with E-state index >= 15 is 0 Å². The highest BCUT2D eigenvalue weighted by molar-refractivity contribution is 6.01. The number of amides is 1. The van der Waals surface area contributed by atoms with E-state index in [0.29, 0.717) is 11.4 Å². The van der Waals surface area contributed by atoms with E-state index in [1.54, 1.807) is 18.2 Å². The lowest BCUT2D eigenvalue weighted by Crippen LogP contribution is -2.07. The lowest BCUT2D eigenvalue weighted by atomic mass is 10.2. The molecule has 0 radical (unpaired) electrons. The average molecular weight is 256 g/mol. The van der Waals surface area contributed by atoms with Gasteiger partial charge in [0.25, 0.3) is 0 Å². The molecule has 2 rings (SSSR count). The van der Waals surface area contributed by atoms with Gasteiger partial charge in [-0.1, -0.05) is 12.1 Å². The summed E-state index contributed by atoms with van der Waals surface area (Å²) in [5.41, 5.74) is 7.66. The molecule has 1 amide bonds. The van der Waals surface area contributed by atoms with Gasteiger partial charge < -0.3 is 11.1 Å². The van der Waals surface area contributed by atoms with E-state index in [1.807, 2.05) is 12.1 Å². The number of rotatable bonds is 3. The molecule has 0 aliphatic heterocycles. The Balaban J connectivity index is 1.97. The molecule has 0 atom stereocenters. The van der Waals surface area contributed by atoms with Gasteiger partial charge in [-0.15, -0.1) is 0 Å². The van der Waals surface area contributed by atoms with Gasteiger partial charge in [-0.3, -0.25) is 4.79 Å². The third-order valence-corrected chi connectivity index (χ3v) is 2.48. The van der Waals surface area contributed by atoms with Crippen LogP contribution < -0.4 is 11.1 Å². The van der Waals surface area contributed by atoms with Gasteiger partial charge in [-0.2, -0.15) is 0 Å². The minimum atomic E-state index is -0.338. The number of anilines is 2. The molecule has 0 saturated carbocycles. The predicted molar refractivity (Wildman–Crippen MR) is 74.9 cm³/mol. The summed E-state index contributed by atoms with van der Waals surface area (Å²) < 4.78 is 12.7. The van der Waals surface area contributed by atoms with Crippen molar-refractivity contribution in [3.05, 3.63) is 66.0 Å². The monoisotopic (exact) mass is 256 g/mol. The van der Waals surface area contributed by atoms with Crippen LogP contribution in [0.15, 0.2) is 54.6 Å². The van der Waals surface area contributed by atoms with Crippen molar-refractivity contribution in [2.45, 2.75) is 0 Å². The van der Waals surface area contributed by atoms with E-state index in [2.05, 4.69) is 5.32 Å². The summed E-state index contributed by atoms with van der Waals surface area (Å²) >= 11 is 0. The fourth-order valence-electron chi connectivity index (χ4n) is 1.50. The Hall–Kier alpha value is -2.62. The normalized spacial score (nSPS) is 10.6. The van der Waals surface area contributed by atoms with Crippen molar-refractivity contribution in [3.63, 3.8) is 0 Å². The van der Waals surface area contributed by atoms with Crippen molar-refractivity contribution in [2.24, 2.45) is 0 Å². The van der Waals surface area contributed by atoms with Gasteiger partial charge in [-0.05, 0) is 48.0 Å². The van der Waals surface area contributed by atoms with Crippen LogP contribution in [-0.2, 0) is 4.79 Å². The number of nitrogens with one attached hydrogen (secondary N) is 1. The van der Waals surface area contributed by atoms with E-state index in [0.717, 1.165) is 5.56 Å². The molecule has 3 nitrogen and oxygen atoms in total. The first kappa shape index (κ1) is 12.8. The second-order valence-electron chi connectivity index (χ2n) is 4.00. The smallest absolute Gasteiger partial charge is 0.248 e. The Morgan fingerprint density at radius 1 is 1.05 bits per heavy atom. The van der Waals surface area contributed by atoms with Crippen LogP contribution in [0.3, 0.4) is 0 Å². The summed E-state index contributed by atoms with van der Waals surface area (Å²) in [6.07, 6.45) is 3.09. The largest absolute Gasteiger partial charge is 0.399 e. The Morgan fingerprint density at radius 2 is 1.68 bits per heavy atom. The molecule has 4 heteroatoms. The van der Waals surface area contributed by atoms with Gasteiger partial charge in [0.2, 0.25) is 5.91 Å². The zero-order valence-corrected chi connectivity index (χ0v) is 10.1. The average Bonchev–Trinajstić information content (AvgIpc) is 2.41. The lowest BCUT2D eigenvalue weighted by molar-refractivity contribution is -0.111. The standard InChI is InChI=1S/C15H13FN2O/c16-12-4-8-14(9-5-12)18-15(19)10-3-11-1-6-13(17)7-2-11/h1-10H,17H2,(H,18,19)/b10-3+. The number of halogens is 1. The van der Waals surface area contributed by atoms with Gasteiger partial charge in [0.05, 0.1) is 0 Å². The second kappa shape index (κ2) is 5.82. The molecule has 0 unspecified atom stereocenters. The second-order valence-corrected chi connectivity index (χ2v) is 4.00. The summed E-state index contributed by atoms with van der Waals surface area (Å²) in [5.74, 6) is -0.612. The zero-order valence-electron chi connectivity index (χ0n) is 10.1. The van der Waals surface area contributed by atoms with Crippen molar-refractivity contribution in [3.8, 4) is 0 Å². The topological polar surface area (TPSA) is 55.1 Å². The minimum absolute atomic E-state index is 0.275. The molecule has 0 aliphatic carbocycles. The Kier molecular flexibility index (Phi) is 3.93. The molecule has 0 bridgehead atoms. The summed E-state index contributed by atoms with van der Waals surface area (Å²) in [5, 5.41) is 2.63. The highest BCUT2D eigenvalue weighted by Crippen LogP contribution is 2.09. The molecule has 0 spiro atoms. The van der Waals surface area contributed by atoms with Crippen LogP contribution in [0.1, 0.15) is 5.56 Å². The molecule has 0 heterocycles. The van der Waals surface area contributed by atoms with Gasteiger partial charge in [-0.25, -0.2) is 4.39 Å². The van der Waals surface area contributed by atoms with Crippen LogP contribution in [0.4, 0.5) is 15.8 Å². The summed E-state index contributed by atoms with van der Waals surface area (Å²) in [6.45, 7) is 0. The summed E-state index contributed by atoms with van der Waals surface area (Å²) in [4.78, 5) is 11.6. The minimum Gasteiger partial charge on any atom is -0.399 e. The summed E-state index contributed by atoms with van der Waals surface area (Å²) in [7, 11) is 0. The molecule has 3 N–H and O–H groups in total. The van der Waals surface area contributed by atoms with Gasteiger partial charge >= 0.3 is 0 Å². The van der Waals surface area contributed by atoms with Gasteiger partial charge in [0.1, 0.15) is 5.82 Å². The van der Waals surface area contributed by atoms with E-state index in [9.17, 15) is 9.18 Å². The van der Waals surface area contributed by atoms with Crippen LogP contribution >= 0.6 is 0 Å². The van der Waals surface area contributed by atoms with Crippen molar-refractivity contribution in [2.75, 3.05) is 11.1 Å². The maximum atomic E-state index is 12.7. The quantitative estimate of drug-likeness (QED) is 0.655. The molecule has 0 fully saturated rings. The van der Waals surface area contributed by atoms with Crippen LogP contribution in [-0.4, -0.2) is 5.91 Å². The molecular weight excluding hydrogens is 243 g/mol. The first-order valence-electron chi connectivity index (χ1n) is 5.74. The number of nitrogen functional groups attached to an aromatic ring is 1. The predicted octanol–water partition coefficient (Wildman–Crippen LogP) is 3.06. The zero-order chi connectivity index (χ0) is 13.7. The van der Waals surface area contributed by atoms with Crippen LogP contribution in [0.2, 0.25) is 0 Å². The molecule has 0 aliphatic rings. The van der Waals surface area contributed by atoms with Crippen LogP contribution in [0.25, 0.3) is 6.08 Å². The molecule has 2 aromatic carbocycles. The first-order valence-corrected chi connectivity index (χ1v) is 5.74. The highest BCUT2D eigenvalue weighted by Gasteiger charge is 1.98. The van der Waals surface area contributed by atoms with Crippen molar-refractivity contribution < 1.29 is 9.18 Å². The maximum Gasteiger partial charge on any atom is 0.248 e. The molecule has 96 valence electrons. The Labute approximate surface area is 110 Å². The molecule has 0 saturated heterocycles. The number of hydrogen-bond acceptors (Lipinski definition) is 2. The van der Waals surface area contributed by atoms with Gasteiger partial charge in [0.15, 0.2) is 0 Å². The molecule has 0 aromatic heterocycles. The highest BCUT2D eigenvalue weighted by atomic mass is 19.1. The van der Waals surface area contributed by atoms with Crippen LogP contribution in [0.5, 0.6) is 0 Å². The first-order chi connectivity index (χ1) is 9.13. The molecule has 19 heavy (non-hydrogen) atoms. The maximum absolute atomic E-state index is 12.7. The Morgan fingerprint density at radius 3 is 2.32 bits per heavy atom. The number of carbonyl (C=O) groups is 1. The van der Waals surface area contributed by atoms with Crippen molar-refractivity contribution in [1.82, 2.24) is 0 Å². The number of hydrogen-bond donors (Lipinski definition) is 2. The fraction of sp³-hybridized carbons (Fsp3) is 0. The third-order valence-electron chi connectivity index (χ3n) is 2.48. The SMILES string of the molecule is Nc1ccc(/C=C/C(=O)Nc2ccc(F)cc2)cc1. The lowest BCUT2D eigenvalue weighted by Gasteiger charge is -2.01. The molecular formula is C15H13FN2O. The van der Waals surface area contributed by atoms with Crippen LogP contribution in [0, 0.1) is 5.82 Å². The van der Waals surface area contributed by atoms with Gasteiger partial charge in [0, 0.05) is 17.5 Å². The van der Waals surface area contributed by atoms with E-state index in [1.165, 1.54) is 30.3 Å². The fourth-order valence-corrected chi connectivity index (χ4v) is 1.50.